The molecule has 0 aliphatic heterocycles. The second-order valence-corrected chi connectivity index (χ2v) is 6.27. The van der Waals surface area contributed by atoms with Crippen molar-refractivity contribution in [2.45, 2.75) is 13.5 Å². The molecule has 0 amide bonds. The van der Waals surface area contributed by atoms with E-state index in [0.29, 0.717) is 27.5 Å². The number of para-hydroxylation sites is 1. The first kappa shape index (κ1) is 13.9. The smallest absolute Gasteiger partial charge is 0.283 e. The Balaban J connectivity index is 1.68. The highest BCUT2D eigenvalue weighted by Crippen LogP contribution is 2.18. The molecule has 2 aromatic carbocycles. The number of aromatic nitrogens is 3. The van der Waals surface area contributed by atoms with Crippen molar-refractivity contribution in [1.82, 2.24) is 14.6 Å². The number of ether oxygens (including phenoxy) is 1. The summed E-state index contributed by atoms with van der Waals surface area (Å²) in [6.07, 6.45) is 0. The van der Waals surface area contributed by atoms with E-state index in [1.807, 2.05) is 49.4 Å². The molecule has 0 spiro atoms. The molecule has 4 rings (SSSR count). The van der Waals surface area contributed by atoms with Gasteiger partial charge in [-0.2, -0.15) is 9.61 Å². The molecular formula is C17H13N3O2S. The van der Waals surface area contributed by atoms with Crippen LogP contribution in [0.5, 0.6) is 5.75 Å². The van der Waals surface area contributed by atoms with E-state index in [1.54, 1.807) is 6.07 Å². The zero-order chi connectivity index (χ0) is 15.8. The van der Waals surface area contributed by atoms with Gasteiger partial charge in [0.25, 0.3) is 5.56 Å². The quantitative estimate of drug-likeness (QED) is 0.581. The van der Waals surface area contributed by atoms with Crippen LogP contribution >= 0.6 is 11.3 Å². The maximum atomic E-state index is 12.4. The van der Waals surface area contributed by atoms with E-state index >= 15 is 0 Å². The fraction of sp³-hybridized carbons (Fsp3) is 0.118. The minimum atomic E-state index is -0.150. The zero-order valence-corrected chi connectivity index (χ0v) is 13.2. The molecule has 114 valence electrons. The Labute approximate surface area is 135 Å². The van der Waals surface area contributed by atoms with Crippen molar-refractivity contribution in [1.29, 1.82) is 0 Å². The number of fused-ring (bicyclic) bond motifs is 2. The molecule has 2 heterocycles. The average Bonchev–Trinajstić information content (AvgIpc) is 2.98. The fourth-order valence-electron chi connectivity index (χ4n) is 2.33. The highest BCUT2D eigenvalue weighted by molar-refractivity contribution is 7.16. The predicted octanol–water partition coefficient (Wildman–Crippen LogP) is 3.19. The third kappa shape index (κ3) is 2.57. The summed E-state index contributed by atoms with van der Waals surface area (Å²) in [5.74, 6) is 0.778. The first-order chi connectivity index (χ1) is 11.2. The zero-order valence-electron chi connectivity index (χ0n) is 12.4. The lowest BCUT2D eigenvalue weighted by molar-refractivity contribution is 0.304. The van der Waals surface area contributed by atoms with Crippen LogP contribution < -0.4 is 10.3 Å². The van der Waals surface area contributed by atoms with Gasteiger partial charge in [-0.05, 0) is 31.2 Å². The number of hydrogen-bond donors (Lipinski definition) is 0. The molecule has 4 aromatic rings. The van der Waals surface area contributed by atoms with E-state index in [9.17, 15) is 4.79 Å². The second kappa shape index (κ2) is 5.48. The van der Waals surface area contributed by atoms with Gasteiger partial charge in [0.1, 0.15) is 12.4 Å². The molecule has 5 nitrogen and oxygen atoms in total. The van der Waals surface area contributed by atoms with Crippen molar-refractivity contribution in [2.75, 3.05) is 0 Å². The third-order valence-corrected chi connectivity index (χ3v) is 4.41. The number of benzene rings is 2. The Morgan fingerprint density at radius 2 is 1.91 bits per heavy atom. The number of hydrogen-bond acceptors (Lipinski definition) is 5. The molecule has 0 atom stereocenters. The number of rotatable bonds is 3. The maximum Gasteiger partial charge on any atom is 0.283 e. The van der Waals surface area contributed by atoms with Gasteiger partial charge in [0.05, 0.1) is 10.9 Å². The van der Waals surface area contributed by atoms with Crippen LogP contribution in [0, 0.1) is 6.92 Å². The summed E-state index contributed by atoms with van der Waals surface area (Å²) in [6, 6.07) is 15.1. The van der Waals surface area contributed by atoms with Crippen LogP contribution in [0.4, 0.5) is 0 Å². The van der Waals surface area contributed by atoms with E-state index in [2.05, 4.69) is 10.1 Å². The van der Waals surface area contributed by atoms with Gasteiger partial charge in [-0.1, -0.05) is 41.2 Å². The minimum Gasteiger partial charge on any atom is -0.486 e. The van der Waals surface area contributed by atoms with Gasteiger partial charge in [0, 0.05) is 0 Å². The first-order valence-electron chi connectivity index (χ1n) is 7.18. The highest BCUT2D eigenvalue weighted by Gasteiger charge is 2.10. The van der Waals surface area contributed by atoms with Crippen LogP contribution in [-0.4, -0.2) is 14.6 Å². The molecule has 23 heavy (non-hydrogen) atoms. The van der Waals surface area contributed by atoms with Crippen LogP contribution in [0.3, 0.4) is 0 Å². The van der Waals surface area contributed by atoms with Gasteiger partial charge < -0.3 is 4.74 Å². The molecular weight excluding hydrogens is 310 g/mol. The van der Waals surface area contributed by atoms with Crippen molar-refractivity contribution in [3.63, 3.8) is 0 Å². The second-order valence-electron chi connectivity index (χ2n) is 5.23. The van der Waals surface area contributed by atoms with Crippen LogP contribution in [0.25, 0.3) is 15.9 Å². The third-order valence-electron chi connectivity index (χ3n) is 3.53. The molecule has 0 N–H and O–H groups in total. The molecule has 0 unspecified atom stereocenters. The summed E-state index contributed by atoms with van der Waals surface area (Å²) in [5.41, 5.74) is 1.72. The lowest BCUT2D eigenvalue weighted by Gasteiger charge is -2.03. The lowest BCUT2D eigenvalue weighted by Crippen LogP contribution is -2.15. The van der Waals surface area contributed by atoms with Crippen LogP contribution in [0.15, 0.2) is 53.3 Å². The Morgan fingerprint density at radius 3 is 2.74 bits per heavy atom. The van der Waals surface area contributed by atoms with Gasteiger partial charge in [0.15, 0.2) is 5.01 Å². The molecule has 0 fully saturated rings. The van der Waals surface area contributed by atoms with Crippen molar-refractivity contribution < 1.29 is 4.74 Å². The predicted molar refractivity (Wildman–Crippen MR) is 90.2 cm³/mol. The molecule has 0 saturated heterocycles. The Kier molecular flexibility index (Phi) is 3.31. The van der Waals surface area contributed by atoms with E-state index in [0.717, 1.165) is 5.75 Å². The summed E-state index contributed by atoms with van der Waals surface area (Å²) in [6.45, 7) is 2.34. The van der Waals surface area contributed by atoms with Crippen LogP contribution in [0.2, 0.25) is 0 Å². The van der Waals surface area contributed by atoms with E-state index in [-0.39, 0.29) is 5.56 Å². The van der Waals surface area contributed by atoms with Crippen molar-refractivity contribution >= 4 is 27.2 Å². The number of nitrogens with zero attached hydrogens (tertiary/aromatic N) is 3. The summed E-state index contributed by atoms with van der Waals surface area (Å²) in [4.78, 5) is 17.5. The molecule has 2 aromatic heterocycles. The van der Waals surface area contributed by atoms with Crippen molar-refractivity contribution in [3.8, 4) is 5.75 Å². The van der Waals surface area contributed by atoms with E-state index in [1.165, 1.54) is 21.4 Å². The minimum absolute atomic E-state index is 0.150. The standard InChI is InChI=1S/C17H13N3O2S/c1-11-6-8-12(9-7-11)22-10-15-19-20-16(21)13-4-2-3-5-14(13)18-17(20)23-15/h2-9H,10H2,1H3. The molecule has 6 heteroatoms. The summed E-state index contributed by atoms with van der Waals surface area (Å²) in [5, 5.41) is 5.61. The molecule has 0 bridgehead atoms. The van der Waals surface area contributed by atoms with Gasteiger partial charge in [-0.25, -0.2) is 4.98 Å². The van der Waals surface area contributed by atoms with Crippen LogP contribution in [0.1, 0.15) is 10.6 Å². The lowest BCUT2D eigenvalue weighted by atomic mass is 10.2. The summed E-state index contributed by atoms with van der Waals surface area (Å²) in [7, 11) is 0. The molecule has 0 radical (unpaired) electrons. The Bertz CT molecular complexity index is 1050. The van der Waals surface area contributed by atoms with Gasteiger partial charge in [-0.15, -0.1) is 0 Å². The first-order valence-corrected chi connectivity index (χ1v) is 7.99. The van der Waals surface area contributed by atoms with Gasteiger partial charge >= 0.3 is 0 Å². The van der Waals surface area contributed by atoms with Gasteiger partial charge in [-0.3, -0.25) is 4.79 Å². The molecule has 0 saturated carbocycles. The maximum absolute atomic E-state index is 12.4. The number of aryl methyl sites for hydroxylation is 1. The largest absolute Gasteiger partial charge is 0.486 e. The Morgan fingerprint density at radius 1 is 1.13 bits per heavy atom. The topological polar surface area (TPSA) is 56.5 Å². The van der Waals surface area contributed by atoms with Crippen molar-refractivity contribution in [3.05, 3.63) is 69.5 Å². The molecule has 0 aliphatic carbocycles. The highest BCUT2D eigenvalue weighted by atomic mass is 32.1. The van der Waals surface area contributed by atoms with E-state index in [4.69, 9.17) is 4.74 Å². The van der Waals surface area contributed by atoms with E-state index < -0.39 is 0 Å². The summed E-state index contributed by atoms with van der Waals surface area (Å²) < 4.78 is 7.07. The van der Waals surface area contributed by atoms with Crippen molar-refractivity contribution in [2.24, 2.45) is 0 Å². The Hall–Kier alpha value is -2.73. The van der Waals surface area contributed by atoms with Gasteiger partial charge in [0.2, 0.25) is 4.96 Å². The fourth-order valence-corrected chi connectivity index (χ4v) is 3.14. The van der Waals surface area contributed by atoms with Crippen LogP contribution in [-0.2, 0) is 6.61 Å². The molecule has 0 aliphatic rings. The normalized spacial score (nSPS) is 11.2. The SMILES string of the molecule is Cc1ccc(OCc2nn3c(=O)c4ccccc4nc3s2)cc1. The summed E-state index contributed by atoms with van der Waals surface area (Å²) >= 11 is 1.36. The monoisotopic (exact) mass is 323 g/mol. The average molecular weight is 323 g/mol.